The maximum absolute atomic E-state index is 5.91. The molecule has 0 spiro atoms. The van der Waals surface area contributed by atoms with E-state index in [9.17, 15) is 0 Å². The van der Waals surface area contributed by atoms with Crippen LogP contribution in [0.5, 0.6) is 17.2 Å². The maximum atomic E-state index is 5.91. The molecule has 0 amide bonds. The van der Waals surface area contributed by atoms with E-state index in [1.165, 1.54) is 0 Å². The highest BCUT2D eigenvalue weighted by Gasteiger charge is 2.19. The monoisotopic (exact) mass is 381 g/mol. The average molecular weight is 381 g/mol. The van der Waals surface area contributed by atoms with Crippen LogP contribution in [0.4, 0.5) is 0 Å². The first kappa shape index (κ1) is 18.3. The lowest BCUT2D eigenvalue weighted by atomic mass is 10.1. The van der Waals surface area contributed by atoms with Crippen molar-refractivity contribution < 1.29 is 18.7 Å². The fraction of sp³-hybridized carbons (Fsp3) is 0.333. The molecule has 3 aromatic rings. The summed E-state index contributed by atoms with van der Waals surface area (Å²) in [4.78, 5) is 6.74. The van der Waals surface area contributed by atoms with Gasteiger partial charge in [-0.1, -0.05) is 35.5 Å². The van der Waals surface area contributed by atoms with Gasteiger partial charge in [0.25, 0.3) is 0 Å². The number of para-hydroxylation sites is 2. The van der Waals surface area contributed by atoms with Crippen LogP contribution < -0.4 is 14.2 Å². The van der Waals surface area contributed by atoms with Crippen molar-refractivity contribution in [3.63, 3.8) is 0 Å². The van der Waals surface area contributed by atoms with Gasteiger partial charge in [-0.15, -0.1) is 0 Å². The van der Waals surface area contributed by atoms with Crippen molar-refractivity contribution in [3.8, 4) is 17.2 Å². The molecule has 7 nitrogen and oxygen atoms in total. The molecule has 4 rings (SSSR count). The first-order chi connectivity index (χ1) is 13.8. The minimum atomic E-state index is 0.279. The van der Waals surface area contributed by atoms with Gasteiger partial charge in [0.15, 0.2) is 18.1 Å². The number of aromatic nitrogens is 2. The molecule has 0 radical (unpaired) electrons. The lowest BCUT2D eigenvalue weighted by molar-refractivity contribution is 0.177. The predicted molar refractivity (Wildman–Crippen MR) is 102 cm³/mol. The van der Waals surface area contributed by atoms with Crippen molar-refractivity contribution in [1.82, 2.24) is 15.0 Å². The van der Waals surface area contributed by atoms with Gasteiger partial charge in [0.1, 0.15) is 5.75 Å². The van der Waals surface area contributed by atoms with E-state index in [2.05, 4.69) is 21.1 Å². The summed E-state index contributed by atoms with van der Waals surface area (Å²) in [5.74, 6) is 3.48. The largest absolute Gasteiger partial charge is 0.493 e. The van der Waals surface area contributed by atoms with Crippen LogP contribution in [-0.2, 0) is 19.7 Å². The molecule has 2 heterocycles. The van der Waals surface area contributed by atoms with Gasteiger partial charge in [0.2, 0.25) is 11.7 Å². The molecule has 1 aliphatic heterocycles. The highest BCUT2D eigenvalue weighted by atomic mass is 16.5. The van der Waals surface area contributed by atoms with Gasteiger partial charge >= 0.3 is 0 Å². The van der Waals surface area contributed by atoms with Crippen molar-refractivity contribution in [1.29, 1.82) is 0 Å². The minimum absolute atomic E-state index is 0.279. The summed E-state index contributed by atoms with van der Waals surface area (Å²) in [5, 5.41) is 4.03. The van der Waals surface area contributed by atoms with E-state index in [-0.39, 0.29) is 6.61 Å². The van der Waals surface area contributed by atoms with E-state index in [4.69, 9.17) is 18.7 Å². The van der Waals surface area contributed by atoms with E-state index in [0.717, 1.165) is 42.3 Å². The first-order valence-corrected chi connectivity index (χ1v) is 9.32. The molecule has 0 unspecified atom stereocenters. The Labute approximate surface area is 163 Å². The molecular weight excluding hydrogens is 358 g/mol. The fourth-order valence-corrected chi connectivity index (χ4v) is 3.20. The summed E-state index contributed by atoms with van der Waals surface area (Å²) in [5.41, 5.74) is 1.09. The average Bonchev–Trinajstić information content (AvgIpc) is 3.16. The Morgan fingerprint density at radius 2 is 2.00 bits per heavy atom. The quantitative estimate of drug-likeness (QED) is 0.648. The van der Waals surface area contributed by atoms with E-state index in [0.29, 0.717) is 24.9 Å². The van der Waals surface area contributed by atoms with Crippen molar-refractivity contribution in [2.24, 2.45) is 0 Å². The van der Waals surface area contributed by atoms with Crippen molar-refractivity contribution in [2.45, 2.75) is 26.1 Å². The summed E-state index contributed by atoms with van der Waals surface area (Å²) in [7, 11) is 1.66. The zero-order chi connectivity index (χ0) is 19.2. The molecule has 2 aromatic carbocycles. The van der Waals surface area contributed by atoms with Crippen LogP contribution in [0.15, 0.2) is 53.1 Å². The number of nitrogens with zero attached hydrogens (tertiary/aromatic N) is 3. The Morgan fingerprint density at radius 3 is 2.86 bits per heavy atom. The van der Waals surface area contributed by atoms with Crippen molar-refractivity contribution in [2.75, 3.05) is 20.3 Å². The van der Waals surface area contributed by atoms with Gasteiger partial charge in [-0.2, -0.15) is 4.98 Å². The topological polar surface area (TPSA) is 69.9 Å². The highest BCUT2D eigenvalue weighted by molar-refractivity contribution is 5.46. The van der Waals surface area contributed by atoms with Crippen LogP contribution in [0.25, 0.3) is 0 Å². The van der Waals surface area contributed by atoms with Crippen LogP contribution in [-0.4, -0.2) is 35.3 Å². The second kappa shape index (κ2) is 8.75. The molecule has 1 aromatic heterocycles. The zero-order valence-corrected chi connectivity index (χ0v) is 15.8. The van der Waals surface area contributed by atoms with Crippen LogP contribution in [0.2, 0.25) is 0 Å². The molecule has 1 aliphatic rings. The third-order valence-corrected chi connectivity index (χ3v) is 4.52. The van der Waals surface area contributed by atoms with E-state index in [1.807, 2.05) is 42.5 Å². The summed E-state index contributed by atoms with van der Waals surface area (Å²) >= 11 is 0. The van der Waals surface area contributed by atoms with Crippen LogP contribution in [0, 0.1) is 0 Å². The molecule has 0 saturated heterocycles. The molecule has 0 atom stereocenters. The molecule has 0 aliphatic carbocycles. The number of fused-ring (bicyclic) bond motifs is 1. The van der Waals surface area contributed by atoms with Crippen molar-refractivity contribution >= 4 is 0 Å². The molecule has 0 fully saturated rings. The summed E-state index contributed by atoms with van der Waals surface area (Å²) in [6, 6.07) is 15.5. The van der Waals surface area contributed by atoms with Gasteiger partial charge in [-0.3, -0.25) is 4.90 Å². The molecule has 0 saturated carbocycles. The lowest BCUT2D eigenvalue weighted by Crippen LogP contribution is -2.27. The Morgan fingerprint density at radius 1 is 1.11 bits per heavy atom. The van der Waals surface area contributed by atoms with Gasteiger partial charge in [-0.25, -0.2) is 0 Å². The first-order valence-electron chi connectivity index (χ1n) is 9.32. The molecule has 0 N–H and O–H groups in total. The number of benzene rings is 2. The Hall–Kier alpha value is -3.06. The van der Waals surface area contributed by atoms with E-state index >= 15 is 0 Å². The van der Waals surface area contributed by atoms with Gasteiger partial charge in [0.05, 0.1) is 20.3 Å². The molecule has 7 heteroatoms. The van der Waals surface area contributed by atoms with Crippen LogP contribution >= 0.6 is 0 Å². The Kier molecular flexibility index (Phi) is 5.72. The van der Waals surface area contributed by atoms with Gasteiger partial charge in [-0.05, 0) is 24.6 Å². The van der Waals surface area contributed by atoms with Crippen molar-refractivity contribution in [3.05, 3.63) is 65.8 Å². The number of methoxy groups -OCH3 is 1. The maximum Gasteiger partial charge on any atom is 0.240 e. The molecule has 146 valence electrons. The third kappa shape index (κ3) is 4.43. The van der Waals surface area contributed by atoms with Crippen LogP contribution in [0.3, 0.4) is 0 Å². The highest BCUT2D eigenvalue weighted by Crippen LogP contribution is 2.33. The fourth-order valence-electron chi connectivity index (χ4n) is 3.20. The number of rotatable bonds is 6. The standard InChI is InChI=1S/C21H23N3O4/c1-25-18-10-5-7-16-13-24(11-6-12-26-21(16)18)14-20-22-19(23-28-20)15-27-17-8-3-2-4-9-17/h2-5,7-10H,6,11-15H2,1H3. The summed E-state index contributed by atoms with van der Waals surface area (Å²) in [6.45, 7) is 3.11. The molecule has 0 bridgehead atoms. The van der Waals surface area contributed by atoms with E-state index in [1.54, 1.807) is 7.11 Å². The SMILES string of the molecule is COc1cccc2c1OCCCN(Cc1nc(COc3ccccc3)no1)C2. The second-order valence-corrected chi connectivity index (χ2v) is 6.57. The smallest absolute Gasteiger partial charge is 0.240 e. The third-order valence-electron chi connectivity index (χ3n) is 4.52. The van der Waals surface area contributed by atoms with Gasteiger partial charge in [0, 0.05) is 18.7 Å². The second-order valence-electron chi connectivity index (χ2n) is 6.57. The minimum Gasteiger partial charge on any atom is -0.493 e. The zero-order valence-electron chi connectivity index (χ0n) is 15.8. The number of hydrogen-bond donors (Lipinski definition) is 0. The van der Waals surface area contributed by atoms with E-state index < -0.39 is 0 Å². The summed E-state index contributed by atoms with van der Waals surface area (Å²) < 4.78 is 22.4. The van der Waals surface area contributed by atoms with Gasteiger partial charge < -0.3 is 18.7 Å². The summed E-state index contributed by atoms with van der Waals surface area (Å²) in [6.07, 6.45) is 0.912. The molecule has 28 heavy (non-hydrogen) atoms. The number of ether oxygens (including phenoxy) is 3. The lowest BCUT2D eigenvalue weighted by Gasteiger charge is -2.25. The van der Waals surface area contributed by atoms with Crippen LogP contribution in [0.1, 0.15) is 23.7 Å². The Balaban J connectivity index is 1.40. The Bertz CT molecular complexity index is 898. The normalized spacial score (nSPS) is 14.5. The predicted octanol–water partition coefficient (Wildman–Crippen LogP) is 3.44. The molecular formula is C21H23N3O4. The number of hydrogen-bond acceptors (Lipinski definition) is 7.